The van der Waals surface area contributed by atoms with Crippen LogP contribution in [0.2, 0.25) is 0 Å². The summed E-state index contributed by atoms with van der Waals surface area (Å²) in [7, 11) is 1.38. The Labute approximate surface area is 205 Å². The smallest absolute Gasteiger partial charge is 0.404 e. The summed E-state index contributed by atoms with van der Waals surface area (Å²) < 4.78 is 15.8. The maximum absolute atomic E-state index is 13.3. The first kappa shape index (κ1) is 26.2. The van der Waals surface area contributed by atoms with Crippen LogP contribution in [0, 0.1) is 0 Å². The Morgan fingerprint density at radius 2 is 2.06 bits per heavy atom. The minimum atomic E-state index is -1.39. The summed E-state index contributed by atoms with van der Waals surface area (Å²) in [5, 5.41) is 10.1. The Morgan fingerprint density at radius 1 is 1.26 bits per heavy atom. The predicted octanol–water partition coefficient (Wildman–Crippen LogP) is 1.61. The van der Waals surface area contributed by atoms with Gasteiger partial charge in [0.05, 0.1) is 6.61 Å². The molecule has 2 amide bonds. The highest BCUT2D eigenvalue weighted by molar-refractivity contribution is 8.00. The van der Waals surface area contributed by atoms with Crippen LogP contribution < -0.4 is 5.73 Å². The summed E-state index contributed by atoms with van der Waals surface area (Å²) in [6, 6.07) is 3.71. The molecule has 0 bridgehead atoms. The minimum Gasteiger partial charge on any atom is -0.461 e. The van der Waals surface area contributed by atoms with Crippen molar-refractivity contribution in [3.63, 3.8) is 0 Å². The van der Waals surface area contributed by atoms with E-state index in [9.17, 15) is 19.2 Å². The number of thiophene rings is 1. The fraction of sp³-hybridized carbons (Fsp3) is 0.545. The number of aliphatic hydroxyl groups excluding tert-OH is 1. The maximum atomic E-state index is 13.3. The zero-order valence-corrected chi connectivity index (χ0v) is 20.5. The lowest BCUT2D eigenvalue weighted by Crippen LogP contribution is -2.75. The van der Waals surface area contributed by atoms with Gasteiger partial charge in [-0.2, -0.15) is 0 Å². The fourth-order valence-corrected chi connectivity index (χ4v) is 6.14. The van der Waals surface area contributed by atoms with E-state index in [1.807, 2.05) is 17.5 Å². The van der Waals surface area contributed by atoms with E-state index in [1.165, 1.54) is 35.1 Å². The van der Waals surface area contributed by atoms with E-state index >= 15 is 0 Å². The number of hydrogen-bond acceptors (Lipinski definition) is 10. The molecule has 0 radical (unpaired) electrons. The molecule has 2 aliphatic heterocycles. The highest BCUT2D eigenvalue weighted by atomic mass is 32.2. The number of carbonyl (C=O) groups is 4. The molecule has 1 fully saturated rings. The van der Waals surface area contributed by atoms with Gasteiger partial charge in [-0.1, -0.05) is 6.07 Å². The number of hydrogen-bond donors (Lipinski definition) is 2. The van der Waals surface area contributed by atoms with Crippen molar-refractivity contribution in [1.29, 1.82) is 0 Å². The number of esters is 1. The molecule has 0 saturated carbocycles. The summed E-state index contributed by atoms with van der Waals surface area (Å²) in [6.07, 6.45) is 0.904. The van der Waals surface area contributed by atoms with Gasteiger partial charge >= 0.3 is 12.1 Å². The van der Waals surface area contributed by atoms with Gasteiger partial charge in [0.1, 0.15) is 23.5 Å². The molecule has 2 aliphatic rings. The molecule has 0 aliphatic carbocycles. The normalized spacial score (nSPS) is 21.6. The maximum Gasteiger partial charge on any atom is 0.404 e. The minimum absolute atomic E-state index is 0.00413. The van der Waals surface area contributed by atoms with Crippen LogP contribution in [0.3, 0.4) is 0 Å². The number of β-lactam (4-membered cyclic amide) rings is 1. The van der Waals surface area contributed by atoms with E-state index in [1.54, 1.807) is 0 Å². The third-order valence-corrected chi connectivity index (χ3v) is 7.90. The van der Waals surface area contributed by atoms with Crippen molar-refractivity contribution in [1.82, 2.24) is 4.90 Å². The van der Waals surface area contributed by atoms with E-state index in [2.05, 4.69) is 0 Å². The van der Waals surface area contributed by atoms with E-state index < -0.39 is 28.9 Å². The summed E-state index contributed by atoms with van der Waals surface area (Å²) in [5.41, 5.74) is 4.07. The second kappa shape index (κ2) is 11.8. The van der Waals surface area contributed by atoms with Crippen LogP contribution in [-0.4, -0.2) is 77.4 Å². The largest absolute Gasteiger partial charge is 0.461 e. The van der Waals surface area contributed by atoms with Gasteiger partial charge in [0.25, 0.3) is 5.91 Å². The number of fused-ring (bicyclic) bond motifs is 1. The molecule has 0 aromatic carbocycles. The summed E-state index contributed by atoms with van der Waals surface area (Å²) in [6.45, 7) is -0.0922. The first-order chi connectivity index (χ1) is 16.3. The third-order valence-electron chi connectivity index (χ3n) is 5.60. The van der Waals surface area contributed by atoms with Crippen molar-refractivity contribution < 1.29 is 38.5 Å². The summed E-state index contributed by atoms with van der Waals surface area (Å²) in [5.74, 6) is -1.12. The Morgan fingerprint density at radius 3 is 2.71 bits per heavy atom. The molecule has 1 saturated heterocycles. The lowest BCUT2D eigenvalue weighted by atomic mass is 9.84. The van der Waals surface area contributed by atoms with Crippen molar-refractivity contribution >= 4 is 46.9 Å². The number of rotatable bonds is 13. The molecule has 186 valence electrons. The number of carbonyl (C=O) groups excluding carboxylic acids is 4. The van der Waals surface area contributed by atoms with Gasteiger partial charge in [0.15, 0.2) is 5.60 Å². The van der Waals surface area contributed by atoms with Crippen LogP contribution in [0.4, 0.5) is 4.79 Å². The Balaban J connectivity index is 1.77. The average Bonchev–Trinajstić information content (AvgIpc) is 3.32. The number of primary amides is 1. The fourth-order valence-electron chi connectivity index (χ4n) is 3.93. The predicted molar refractivity (Wildman–Crippen MR) is 125 cm³/mol. The van der Waals surface area contributed by atoms with Gasteiger partial charge in [-0.05, 0) is 30.7 Å². The lowest BCUT2D eigenvalue weighted by Gasteiger charge is -2.56. The Hall–Kier alpha value is -2.41. The molecule has 10 nitrogen and oxygen atoms in total. The van der Waals surface area contributed by atoms with Crippen molar-refractivity contribution in [2.24, 2.45) is 5.73 Å². The number of ether oxygens (including phenoxy) is 3. The monoisotopic (exact) mass is 512 g/mol. The topological polar surface area (TPSA) is 145 Å². The van der Waals surface area contributed by atoms with Gasteiger partial charge in [0, 0.05) is 42.8 Å². The van der Waals surface area contributed by atoms with Crippen LogP contribution in [0.5, 0.6) is 0 Å². The van der Waals surface area contributed by atoms with Crippen molar-refractivity contribution in [2.75, 3.05) is 32.7 Å². The van der Waals surface area contributed by atoms with Crippen LogP contribution in [0.15, 0.2) is 28.8 Å². The molecule has 3 rings (SSSR count). The molecule has 2 atom stereocenters. The second-order valence-corrected chi connectivity index (χ2v) is 9.98. The average molecular weight is 513 g/mol. The number of aliphatic hydroxyl groups is 1. The zero-order chi connectivity index (χ0) is 24.7. The van der Waals surface area contributed by atoms with Gasteiger partial charge in [-0.25, -0.2) is 9.59 Å². The molecule has 0 spiro atoms. The zero-order valence-electron chi connectivity index (χ0n) is 18.8. The molecule has 3 heterocycles. The number of nitrogens with two attached hydrogens (primary N) is 1. The summed E-state index contributed by atoms with van der Waals surface area (Å²) in [4.78, 5) is 52.3. The number of ketones is 1. The molecule has 1 aromatic rings. The SMILES string of the molecule is CO[C@@]1(CC(=O)Cc2cccs2)C(=O)N2C(C(=O)OCCCCCO)=C(COC(N)=O)CS[C@@H]21. The quantitative estimate of drug-likeness (QED) is 0.229. The van der Waals surface area contributed by atoms with E-state index in [4.69, 9.17) is 25.1 Å². The van der Waals surface area contributed by atoms with Crippen molar-refractivity contribution in [3.05, 3.63) is 33.7 Å². The van der Waals surface area contributed by atoms with Crippen molar-refractivity contribution in [3.8, 4) is 0 Å². The Kier molecular flexibility index (Phi) is 9.11. The van der Waals surface area contributed by atoms with Gasteiger partial charge in [-0.15, -0.1) is 23.1 Å². The number of Topliss-reactive ketones (excluding diaryl/α,β-unsaturated/α-hetero) is 1. The third kappa shape index (κ3) is 5.62. The molecule has 12 heteroatoms. The van der Waals surface area contributed by atoms with Crippen LogP contribution >= 0.6 is 23.1 Å². The van der Waals surface area contributed by atoms with E-state index in [0.29, 0.717) is 24.8 Å². The molecule has 3 N–H and O–H groups in total. The highest BCUT2D eigenvalue weighted by Crippen LogP contribution is 2.49. The second-order valence-electron chi connectivity index (χ2n) is 7.88. The van der Waals surface area contributed by atoms with Gasteiger partial charge in [-0.3, -0.25) is 14.5 Å². The van der Waals surface area contributed by atoms with Crippen LogP contribution in [-0.2, 0) is 35.0 Å². The number of thioether (sulfide) groups is 1. The van der Waals surface area contributed by atoms with Gasteiger partial charge in [0.2, 0.25) is 0 Å². The first-order valence-electron chi connectivity index (χ1n) is 10.8. The molecular weight excluding hydrogens is 484 g/mol. The standard InChI is InChI=1S/C22H28N2O8S2/c1-30-22(11-15(26)10-16-6-5-9-33-16)19(28)24-17(18(27)31-8-4-2-3-7-25)14(12-32-21(23)29)13-34-20(22)24/h5-6,9,20,25H,2-4,7-8,10-13H2,1H3,(H2,23,29)/t20-,22+/m1/s1. The van der Waals surface area contributed by atoms with Gasteiger partial charge < -0.3 is 25.1 Å². The van der Waals surface area contributed by atoms with E-state index in [0.717, 1.165) is 4.88 Å². The number of amides is 2. The number of unbranched alkanes of at least 4 members (excludes halogenated alkanes) is 2. The number of methoxy groups -OCH3 is 1. The molecular formula is C22H28N2O8S2. The molecule has 0 unspecified atom stereocenters. The first-order valence-corrected chi connectivity index (χ1v) is 12.7. The Bertz CT molecular complexity index is 949. The van der Waals surface area contributed by atoms with Crippen LogP contribution in [0.1, 0.15) is 30.6 Å². The number of nitrogens with zero attached hydrogens (tertiary/aromatic N) is 1. The van der Waals surface area contributed by atoms with E-state index in [-0.39, 0.29) is 49.9 Å². The van der Waals surface area contributed by atoms with Crippen LogP contribution in [0.25, 0.3) is 0 Å². The molecule has 1 aromatic heterocycles. The lowest BCUT2D eigenvalue weighted by molar-refractivity contribution is -0.186. The highest BCUT2D eigenvalue weighted by Gasteiger charge is 2.66. The van der Waals surface area contributed by atoms with Crippen molar-refractivity contribution in [2.45, 2.75) is 43.1 Å². The molecule has 34 heavy (non-hydrogen) atoms. The summed E-state index contributed by atoms with van der Waals surface area (Å²) >= 11 is 2.78.